The molecule has 0 N–H and O–H groups in total. The van der Waals surface area contributed by atoms with Crippen LogP contribution < -0.4 is 0 Å². The summed E-state index contributed by atoms with van der Waals surface area (Å²) in [5.74, 6) is 1.34. The van der Waals surface area contributed by atoms with E-state index in [0.717, 1.165) is 49.9 Å². The molecule has 4 heteroatoms. The summed E-state index contributed by atoms with van der Waals surface area (Å²) in [5, 5.41) is 0. The van der Waals surface area contributed by atoms with E-state index in [1.165, 1.54) is 5.57 Å². The minimum absolute atomic E-state index is 0.193. The van der Waals surface area contributed by atoms with Crippen molar-refractivity contribution in [2.24, 2.45) is 28.6 Å². The number of halogens is 1. The minimum atomic E-state index is -0.774. The molecule has 0 bridgehead atoms. The Labute approximate surface area is 168 Å². The second-order valence-electron chi connectivity index (χ2n) is 9.51. The Hall–Kier alpha value is -1.58. The number of esters is 1. The summed E-state index contributed by atoms with van der Waals surface area (Å²) in [5.41, 5.74) is 2.15. The molecule has 4 aliphatic rings. The van der Waals surface area contributed by atoms with Gasteiger partial charge in [0.1, 0.15) is 0 Å². The van der Waals surface area contributed by atoms with Gasteiger partial charge in [-0.3, -0.25) is 0 Å². The predicted molar refractivity (Wildman–Crippen MR) is 107 cm³/mol. The van der Waals surface area contributed by atoms with Gasteiger partial charge in [0, 0.05) is 6.42 Å². The van der Waals surface area contributed by atoms with E-state index in [2.05, 4.69) is 26.0 Å². The predicted octanol–water partition coefficient (Wildman–Crippen LogP) is 5.88. The molecular formula is C24H33FO3. The molecule has 0 saturated heterocycles. The number of ether oxygens (including phenoxy) is 2. The van der Waals surface area contributed by atoms with Crippen molar-refractivity contribution in [2.75, 3.05) is 13.7 Å². The van der Waals surface area contributed by atoms with Crippen LogP contribution >= 0.6 is 0 Å². The van der Waals surface area contributed by atoms with Crippen LogP contribution in [0.2, 0.25) is 0 Å². The van der Waals surface area contributed by atoms with Gasteiger partial charge >= 0.3 is 5.97 Å². The lowest BCUT2D eigenvalue weighted by Crippen LogP contribution is -2.48. The first kappa shape index (κ1) is 19.7. The van der Waals surface area contributed by atoms with Gasteiger partial charge in [0.25, 0.3) is 0 Å². The highest BCUT2D eigenvalue weighted by molar-refractivity contribution is 5.87. The largest absolute Gasteiger partial charge is 0.501 e. The Morgan fingerprint density at radius 2 is 1.93 bits per heavy atom. The lowest BCUT2D eigenvalue weighted by Gasteiger charge is -2.56. The minimum Gasteiger partial charge on any atom is -0.501 e. The molecule has 28 heavy (non-hydrogen) atoms. The van der Waals surface area contributed by atoms with Gasteiger partial charge in [0.2, 0.25) is 5.83 Å². The van der Waals surface area contributed by atoms with Gasteiger partial charge in [-0.05, 0) is 91.3 Å². The highest BCUT2D eigenvalue weighted by Gasteiger charge is 2.57. The van der Waals surface area contributed by atoms with Crippen LogP contribution in [0, 0.1) is 28.6 Å². The lowest BCUT2D eigenvalue weighted by atomic mass is 9.48. The zero-order valence-corrected chi connectivity index (χ0v) is 17.6. The van der Waals surface area contributed by atoms with E-state index in [4.69, 9.17) is 9.47 Å². The van der Waals surface area contributed by atoms with Crippen molar-refractivity contribution >= 4 is 5.97 Å². The molecule has 4 aliphatic carbocycles. The molecule has 0 radical (unpaired) electrons. The molecule has 0 amide bonds. The van der Waals surface area contributed by atoms with E-state index in [1.807, 2.05) is 0 Å². The molecule has 4 rings (SSSR count). The summed E-state index contributed by atoms with van der Waals surface area (Å²) in [6, 6.07) is 0. The van der Waals surface area contributed by atoms with Crippen molar-refractivity contribution in [1.82, 2.24) is 0 Å². The molecule has 5 unspecified atom stereocenters. The molecule has 0 aromatic heterocycles. The first-order valence-electron chi connectivity index (χ1n) is 10.9. The van der Waals surface area contributed by atoms with Crippen LogP contribution in [0.3, 0.4) is 0 Å². The summed E-state index contributed by atoms with van der Waals surface area (Å²) in [7, 11) is 1.76. The molecular weight excluding hydrogens is 355 g/mol. The van der Waals surface area contributed by atoms with Gasteiger partial charge in [-0.15, -0.1) is 0 Å². The van der Waals surface area contributed by atoms with E-state index in [9.17, 15) is 9.18 Å². The van der Waals surface area contributed by atoms with Gasteiger partial charge < -0.3 is 9.47 Å². The SMILES string of the molecule is CCOC(=O)/C(F)=C1\CCC2C3CC=C4C=C(OC)CCC4(C)C3CCC12C. The van der Waals surface area contributed by atoms with Crippen LogP contribution in [-0.4, -0.2) is 19.7 Å². The number of carbonyl (C=O) groups excluding carboxylic acids is 1. The smallest absolute Gasteiger partial charge is 0.367 e. The number of fused-ring (bicyclic) bond motifs is 5. The van der Waals surface area contributed by atoms with Crippen LogP contribution in [0.1, 0.15) is 65.7 Å². The summed E-state index contributed by atoms with van der Waals surface area (Å²) in [6.07, 6.45) is 11.6. The fourth-order valence-electron chi connectivity index (χ4n) is 6.95. The molecule has 3 nitrogen and oxygen atoms in total. The standard InChI is InChI=1S/C24H33FO3/c1-5-28-22(26)21(25)20-9-8-18-17-7-6-15-14-16(27-4)10-12-23(15,2)19(17)11-13-24(18,20)3/h6,14,17-19H,5,7-13H2,1-4H3/b21-20-. The Kier molecular flexibility index (Phi) is 4.96. The van der Waals surface area contributed by atoms with Gasteiger partial charge in [0.05, 0.1) is 19.5 Å². The Bertz CT molecular complexity index is 764. The van der Waals surface area contributed by atoms with E-state index in [1.54, 1.807) is 14.0 Å². The molecule has 0 aromatic rings. The van der Waals surface area contributed by atoms with Crippen LogP contribution in [0.15, 0.2) is 34.9 Å². The van der Waals surface area contributed by atoms with Gasteiger partial charge in [-0.1, -0.05) is 19.9 Å². The van der Waals surface area contributed by atoms with Crippen LogP contribution in [0.25, 0.3) is 0 Å². The average molecular weight is 389 g/mol. The number of rotatable bonds is 3. The van der Waals surface area contributed by atoms with Gasteiger partial charge in [0.15, 0.2) is 0 Å². The van der Waals surface area contributed by atoms with E-state index in [0.29, 0.717) is 24.2 Å². The molecule has 0 aliphatic heterocycles. The number of methoxy groups -OCH3 is 1. The molecule has 0 spiro atoms. The highest BCUT2D eigenvalue weighted by atomic mass is 19.1. The van der Waals surface area contributed by atoms with E-state index < -0.39 is 11.8 Å². The fourth-order valence-corrected chi connectivity index (χ4v) is 6.95. The quantitative estimate of drug-likeness (QED) is 0.448. The third-order valence-electron chi connectivity index (χ3n) is 8.50. The maximum Gasteiger partial charge on any atom is 0.367 e. The van der Waals surface area contributed by atoms with Crippen LogP contribution in [0.5, 0.6) is 0 Å². The fraction of sp³-hybridized carbons (Fsp3) is 0.708. The summed E-state index contributed by atoms with van der Waals surface area (Å²) in [4.78, 5) is 12.0. The molecule has 0 heterocycles. The number of carbonyl (C=O) groups is 1. The lowest BCUT2D eigenvalue weighted by molar-refractivity contribution is -0.140. The molecule has 0 aromatic carbocycles. The van der Waals surface area contributed by atoms with Gasteiger partial charge in [-0.25, -0.2) is 4.79 Å². The zero-order chi connectivity index (χ0) is 20.1. The van der Waals surface area contributed by atoms with Crippen molar-refractivity contribution in [3.8, 4) is 0 Å². The maximum absolute atomic E-state index is 14.9. The third kappa shape index (κ3) is 2.78. The van der Waals surface area contributed by atoms with E-state index in [-0.39, 0.29) is 17.4 Å². The summed E-state index contributed by atoms with van der Waals surface area (Å²) < 4.78 is 25.4. The second-order valence-corrected chi connectivity index (χ2v) is 9.51. The average Bonchev–Trinajstić information content (AvgIpc) is 3.04. The molecule has 5 atom stereocenters. The molecule has 2 fully saturated rings. The normalized spacial score (nSPS) is 41.1. The van der Waals surface area contributed by atoms with Crippen LogP contribution in [0.4, 0.5) is 4.39 Å². The van der Waals surface area contributed by atoms with Crippen molar-refractivity contribution in [2.45, 2.75) is 65.7 Å². The summed E-state index contributed by atoms with van der Waals surface area (Å²) in [6.45, 7) is 6.56. The first-order chi connectivity index (χ1) is 13.3. The van der Waals surface area contributed by atoms with Crippen molar-refractivity contribution in [3.05, 3.63) is 34.9 Å². The zero-order valence-electron chi connectivity index (χ0n) is 17.6. The van der Waals surface area contributed by atoms with Crippen molar-refractivity contribution in [3.63, 3.8) is 0 Å². The Balaban J connectivity index is 1.66. The van der Waals surface area contributed by atoms with Crippen molar-refractivity contribution in [1.29, 1.82) is 0 Å². The maximum atomic E-state index is 14.9. The monoisotopic (exact) mass is 388 g/mol. The third-order valence-corrected chi connectivity index (χ3v) is 8.50. The van der Waals surface area contributed by atoms with E-state index >= 15 is 0 Å². The Morgan fingerprint density at radius 3 is 2.64 bits per heavy atom. The number of hydrogen-bond donors (Lipinski definition) is 0. The van der Waals surface area contributed by atoms with Crippen LogP contribution in [-0.2, 0) is 14.3 Å². The van der Waals surface area contributed by atoms with Crippen molar-refractivity contribution < 1.29 is 18.7 Å². The van der Waals surface area contributed by atoms with Gasteiger partial charge in [-0.2, -0.15) is 4.39 Å². The topological polar surface area (TPSA) is 35.5 Å². The number of allylic oxidation sites excluding steroid dienone is 5. The molecule has 2 saturated carbocycles. The first-order valence-corrected chi connectivity index (χ1v) is 10.9. The summed E-state index contributed by atoms with van der Waals surface area (Å²) >= 11 is 0. The molecule has 154 valence electrons. The number of hydrogen-bond acceptors (Lipinski definition) is 3. The second kappa shape index (κ2) is 7.03. The highest BCUT2D eigenvalue weighted by Crippen LogP contribution is 2.66. The Morgan fingerprint density at radius 1 is 1.18 bits per heavy atom.